The summed E-state index contributed by atoms with van der Waals surface area (Å²) >= 11 is 1.29. The van der Waals surface area contributed by atoms with Crippen LogP contribution >= 0.6 is 11.3 Å². The van der Waals surface area contributed by atoms with Crippen LogP contribution in [0.1, 0.15) is 45.4 Å². The van der Waals surface area contributed by atoms with Gasteiger partial charge in [-0.2, -0.15) is 0 Å². The Balaban J connectivity index is 2.18. The third-order valence-corrected chi connectivity index (χ3v) is 4.36. The number of carboxylic acid groups (broad SMARTS) is 1. The maximum Gasteiger partial charge on any atom is 0.349 e. The van der Waals surface area contributed by atoms with Crippen molar-refractivity contribution in [2.24, 2.45) is 0 Å². The average molecular weight is 290 g/mol. The predicted molar refractivity (Wildman–Crippen MR) is 80.9 cm³/mol. The van der Waals surface area contributed by atoms with E-state index >= 15 is 0 Å². The van der Waals surface area contributed by atoms with Gasteiger partial charge in [0.1, 0.15) is 12.4 Å². The maximum atomic E-state index is 11.3. The number of benzene rings is 1. The SMILES string of the molecule is Cc1cccc(COc2cc(C(C)C)sc2C(=O)O)c1. The molecular weight excluding hydrogens is 272 g/mol. The van der Waals surface area contributed by atoms with Crippen LogP contribution in [-0.4, -0.2) is 11.1 Å². The van der Waals surface area contributed by atoms with Gasteiger partial charge in [-0.3, -0.25) is 0 Å². The molecule has 1 heterocycles. The van der Waals surface area contributed by atoms with E-state index in [-0.39, 0.29) is 4.88 Å². The molecule has 0 unspecified atom stereocenters. The first-order valence-electron chi connectivity index (χ1n) is 6.52. The summed E-state index contributed by atoms with van der Waals surface area (Å²) in [7, 11) is 0. The van der Waals surface area contributed by atoms with Gasteiger partial charge in [-0.1, -0.05) is 43.7 Å². The van der Waals surface area contributed by atoms with Crippen LogP contribution in [0.5, 0.6) is 5.75 Å². The number of hydrogen-bond donors (Lipinski definition) is 1. The number of hydrogen-bond acceptors (Lipinski definition) is 3. The van der Waals surface area contributed by atoms with Gasteiger partial charge in [0.2, 0.25) is 0 Å². The van der Waals surface area contributed by atoms with Crippen molar-refractivity contribution in [3.8, 4) is 5.75 Å². The molecule has 106 valence electrons. The van der Waals surface area contributed by atoms with Gasteiger partial charge in [-0.15, -0.1) is 11.3 Å². The van der Waals surface area contributed by atoms with E-state index in [1.165, 1.54) is 11.3 Å². The maximum absolute atomic E-state index is 11.3. The molecule has 0 saturated carbocycles. The summed E-state index contributed by atoms with van der Waals surface area (Å²) in [6, 6.07) is 9.85. The monoisotopic (exact) mass is 290 g/mol. The minimum absolute atomic E-state index is 0.279. The molecule has 0 radical (unpaired) electrons. The summed E-state index contributed by atoms with van der Waals surface area (Å²) in [4.78, 5) is 12.6. The van der Waals surface area contributed by atoms with E-state index in [2.05, 4.69) is 0 Å². The van der Waals surface area contributed by atoms with Crippen molar-refractivity contribution in [1.82, 2.24) is 0 Å². The number of ether oxygens (including phenoxy) is 1. The molecule has 1 aromatic carbocycles. The minimum Gasteiger partial charge on any atom is -0.487 e. The highest BCUT2D eigenvalue weighted by Crippen LogP contribution is 2.34. The molecule has 0 amide bonds. The van der Waals surface area contributed by atoms with Gasteiger partial charge in [-0.25, -0.2) is 4.79 Å². The molecule has 0 aliphatic rings. The second-order valence-electron chi connectivity index (χ2n) is 5.08. The van der Waals surface area contributed by atoms with Crippen LogP contribution in [0.15, 0.2) is 30.3 Å². The standard InChI is InChI=1S/C16H18O3S/c1-10(2)14-8-13(15(20-14)16(17)18)19-9-12-6-4-5-11(3)7-12/h4-8,10H,9H2,1-3H3,(H,17,18). The molecule has 20 heavy (non-hydrogen) atoms. The van der Waals surface area contributed by atoms with Gasteiger partial charge in [-0.05, 0) is 24.5 Å². The fourth-order valence-corrected chi connectivity index (χ4v) is 2.84. The van der Waals surface area contributed by atoms with Crippen LogP contribution in [-0.2, 0) is 6.61 Å². The Hall–Kier alpha value is -1.81. The molecule has 0 atom stereocenters. The summed E-state index contributed by atoms with van der Waals surface area (Å²) < 4.78 is 5.70. The van der Waals surface area contributed by atoms with Gasteiger partial charge in [0.25, 0.3) is 0 Å². The molecule has 3 nitrogen and oxygen atoms in total. The molecule has 1 aromatic heterocycles. The molecular formula is C16H18O3S. The summed E-state index contributed by atoms with van der Waals surface area (Å²) in [5, 5.41) is 9.23. The first kappa shape index (κ1) is 14.6. The molecule has 0 spiro atoms. The lowest BCUT2D eigenvalue weighted by atomic mass is 10.1. The number of rotatable bonds is 5. The fraction of sp³-hybridized carbons (Fsp3) is 0.312. The van der Waals surface area contributed by atoms with Gasteiger partial charge in [0.05, 0.1) is 0 Å². The molecule has 4 heteroatoms. The zero-order chi connectivity index (χ0) is 14.7. The molecule has 0 saturated heterocycles. The summed E-state index contributed by atoms with van der Waals surface area (Å²) in [6.45, 7) is 6.49. The van der Waals surface area contributed by atoms with Crippen LogP contribution in [0.2, 0.25) is 0 Å². The molecule has 0 fully saturated rings. The van der Waals surface area contributed by atoms with Crippen LogP contribution in [0.25, 0.3) is 0 Å². The highest BCUT2D eigenvalue weighted by molar-refractivity contribution is 7.14. The zero-order valence-corrected chi connectivity index (χ0v) is 12.7. The number of aromatic carboxylic acids is 1. The summed E-state index contributed by atoms with van der Waals surface area (Å²) in [6.07, 6.45) is 0. The molecule has 2 rings (SSSR count). The van der Waals surface area contributed by atoms with Crippen molar-refractivity contribution in [1.29, 1.82) is 0 Å². The van der Waals surface area contributed by atoms with Crippen molar-refractivity contribution in [2.45, 2.75) is 33.3 Å². The number of carboxylic acids is 1. The van der Waals surface area contributed by atoms with E-state index in [4.69, 9.17) is 4.74 Å². The van der Waals surface area contributed by atoms with Crippen molar-refractivity contribution < 1.29 is 14.6 Å². The molecule has 0 aliphatic heterocycles. The second kappa shape index (κ2) is 6.09. The van der Waals surface area contributed by atoms with Gasteiger partial charge >= 0.3 is 5.97 Å². The largest absolute Gasteiger partial charge is 0.487 e. The van der Waals surface area contributed by atoms with E-state index in [1.54, 1.807) is 0 Å². The van der Waals surface area contributed by atoms with Crippen LogP contribution in [0.4, 0.5) is 0 Å². The molecule has 0 aliphatic carbocycles. The Morgan fingerprint density at radius 2 is 2.10 bits per heavy atom. The first-order chi connectivity index (χ1) is 9.47. The Kier molecular flexibility index (Phi) is 4.45. The lowest BCUT2D eigenvalue weighted by Gasteiger charge is -2.06. The van der Waals surface area contributed by atoms with Crippen molar-refractivity contribution in [3.05, 3.63) is 51.2 Å². The highest BCUT2D eigenvalue weighted by Gasteiger charge is 2.18. The van der Waals surface area contributed by atoms with E-state index < -0.39 is 5.97 Å². The van der Waals surface area contributed by atoms with Crippen LogP contribution in [0.3, 0.4) is 0 Å². The van der Waals surface area contributed by atoms with Crippen molar-refractivity contribution in [2.75, 3.05) is 0 Å². The second-order valence-corrected chi connectivity index (χ2v) is 6.16. The Morgan fingerprint density at radius 1 is 1.35 bits per heavy atom. The van der Waals surface area contributed by atoms with Crippen molar-refractivity contribution in [3.63, 3.8) is 0 Å². The smallest absolute Gasteiger partial charge is 0.349 e. The Bertz CT molecular complexity index is 614. The van der Waals surface area contributed by atoms with Gasteiger partial charge in [0, 0.05) is 4.88 Å². The van der Waals surface area contributed by atoms with Crippen LogP contribution in [0, 0.1) is 6.92 Å². The third-order valence-electron chi connectivity index (χ3n) is 2.96. The lowest BCUT2D eigenvalue weighted by Crippen LogP contribution is -2.00. The topological polar surface area (TPSA) is 46.5 Å². The third kappa shape index (κ3) is 3.39. The first-order valence-corrected chi connectivity index (χ1v) is 7.34. The quantitative estimate of drug-likeness (QED) is 0.884. The predicted octanol–water partition coefficient (Wildman–Crippen LogP) is 4.46. The molecule has 0 bridgehead atoms. The number of thiophene rings is 1. The van der Waals surface area contributed by atoms with Crippen LogP contribution < -0.4 is 4.74 Å². The number of aryl methyl sites for hydroxylation is 1. The highest BCUT2D eigenvalue weighted by atomic mass is 32.1. The fourth-order valence-electron chi connectivity index (χ4n) is 1.90. The van der Waals surface area contributed by atoms with E-state index in [9.17, 15) is 9.90 Å². The summed E-state index contributed by atoms with van der Waals surface area (Å²) in [5.41, 5.74) is 2.20. The van der Waals surface area contributed by atoms with E-state index in [0.717, 1.165) is 16.0 Å². The van der Waals surface area contributed by atoms with Gasteiger partial charge in [0.15, 0.2) is 4.88 Å². The Morgan fingerprint density at radius 3 is 2.70 bits per heavy atom. The van der Waals surface area contributed by atoms with Gasteiger partial charge < -0.3 is 9.84 Å². The normalized spacial score (nSPS) is 10.8. The lowest BCUT2D eigenvalue weighted by molar-refractivity contribution is 0.0697. The number of carbonyl (C=O) groups is 1. The summed E-state index contributed by atoms with van der Waals surface area (Å²) in [5.74, 6) is -0.164. The average Bonchev–Trinajstić information content (AvgIpc) is 2.81. The minimum atomic E-state index is -0.929. The Labute approximate surface area is 122 Å². The van der Waals surface area contributed by atoms with Crippen molar-refractivity contribution >= 4 is 17.3 Å². The van der Waals surface area contributed by atoms with E-state index in [1.807, 2.05) is 51.1 Å². The van der Waals surface area contributed by atoms with E-state index in [0.29, 0.717) is 18.3 Å². The molecule has 2 aromatic rings. The zero-order valence-electron chi connectivity index (χ0n) is 11.8. The molecule has 1 N–H and O–H groups in total.